The van der Waals surface area contributed by atoms with E-state index in [0.717, 1.165) is 16.9 Å². The van der Waals surface area contributed by atoms with Crippen molar-refractivity contribution in [3.05, 3.63) is 55.5 Å². The molecule has 172 valence electrons. The van der Waals surface area contributed by atoms with Gasteiger partial charge in [0.25, 0.3) is 0 Å². The third-order valence-electron chi connectivity index (χ3n) is 5.69. The number of phenolic OH excluding ortho intramolecular Hbond substituents is 1. The van der Waals surface area contributed by atoms with Gasteiger partial charge in [-0.3, -0.25) is 14.6 Å². The standard InChI is InChI=1S/C23H21NO8S/c1-11-16-14(25)8-23(2,32-18(16)20-19(17(11)26)30-10-31-20)9-29-13-5-3-12(4-6-13)7-15-21(27)24-22(28)33-15/h3-6,26-27H,7-10H2,1-2H3,(H,24,28). The minimum Gasteiger partial charge on any atom is -0.504 e. The fraction of sp³-hybridized carbons (Fsp3) is 0.304. The smallest absolute Gasteiger partial charge is 0.307 e. The Morgan fingerprint density at radius 1 is 1.12 bits per heavy atom. The highest BCUT2D eigenvalue weighted by Crippen LogP contribution is 2.54. The lowest BCUT2D eigenvalue weighted by Gasteiger charge is -2.35. The summed E-state index contributed by atoms with van der Waals surface area (Å²) in [5.41, 5.74) is 0.653. The number of carbonyl (C=O) groups is 1. The van der Waals surface area contributed by atoms with Crippen molar-refractivity contribution < 1.29 is 34.0 Å². The number of nitrogens with one attached hydrogen (secondary N) is 1. The topological polar surface area (TPSA) is 127 Å². The number of ether oxygens (including phenoxy) is 4. The van der Waals surface area contributed by atoms with Gasteiger partial charge in [-0.2, -0.15) is 0 Å². The molecule has 0 saturated carbocycles. The van der Waals surface area contributed by atoms with Gasteiger partial charge in [0.05, 0.1) is 16.9 Å². The van der Waals surface area contributed by atoms with E-state index in [2.05, 4.69) is 4.98 Å². The van der Waals surface area contributed by atoms with E-state index < -0.39 is 5.60 Å². The zero-order valence-corrected chi connectivity index (χ0v) is 18.7. The van der Waals surface area contributed by atoms with Crippen LogP contribution < -0.4 is 23.8 Å². The maximum atomic E-state index is 12.9. The van der Waals surface area contributed by atoms with Crippen molar-refractivity contribution in [3.8, 4) is 34.6 Å². The summed E-state index contributed by atoms with van der Waals surface area (Å²) in [5.74, 6) is 0.862. The van der Waals surface area contributed by atoms with Gasteiger partial charge in [-0.1, -0.05) is 23.5 Å². The highest BCUT2D eigenvalue weighted by Gasteiger charge is 2.43. The maximum Gasteiger partial charge on any atom is 0.307 e. The number of ketones is 1. The fourth-order valence-electron chi connectivity index (χ4n) is 4.02. The third-order valence-corrected chi connectivity index (χ3v) is 6.56. The predicted octanol–water partition coefficient (Wildman–Crippen LogP) is 3.28. The third kappa shape index (κ3) is 3.76. The molecule has 0 amide bonds. The lowest BCUT2D eigenvalue weighted by Crippen LogP contribution is -2.44. The molecule has 9 nitrogen and oxygen atoms in total. The van der Waals surface area contributed by atoms with Crippen LogP contribution in [0.15, 0.2) is 29.1 Å². The van der Waals surface area contributed by atoms with Gasteiger partial charge in [-0.15, -0.1) is 0 Å². The van der Waals surface area contributed by atoms with Gasteiger partial charge >= 0.3 is 4.87 Å². The molecular formula is C23H21NO8S. The first-order valence-electron chi connectivity index (χ1n) is 10.2. The number of hydrogen-bond acceptors (Lipinski definition) is 9. The first kappa shape index (κ1) is 21.2. The molecule has 1 unspecified atom stereocenters. The Kier molecular flexibility index (Phi) is 4.97. The summed E-state index contributed by atoms with van der Waals surface area (Å²) >= 11 is 0.971. The highest BCUT2D eigenvalue weighted by atomic mass is 32.1. The molecule has 0 fully saturated rings. The average molecular weight is 471 g/mol. The van der Waals surface area contributed by atoms with Crippen LogP contribution in [0.25, 0.3) is 0 Å². The molecule has 2 aliphatic rings. The average Bonchev–Trinajstić information content (AvgIpc) is 3.38. The number of H-pyrrole nitrogens is 1. The minimum absolute atomic E-state index is 0.0622. The minimum atomic E-state index is -0.949. The fourth-order valence-corrected chi connectivity index (χ4v) is 4.77. The summed E-state index contributed by atoms with van der Waals surface area (Å²) in [6, 6.07) is 7.24. The van der Waals surface area contributed by atoms with Gasteiger partial charge in [-0.05, 0) is 31.5 Å². The van der Waals surface area contributed by atoms with Crippen molar-refractivity contribution in [2.75, 3.05) is 13.4 Å². The predicted molar refractivity (Wildman–Crippen MR) is 118 cm³/mol. The van der Waals surface area contributed by atoms with E-state index in [1.807, 2.05) is 12.1 Å². The Morgan fingerprint density at radius 2 is 1.85 bits per heavy atom. The number of hydrogen-bond donors (Lipinski definition) is 3. The van der Waals surface area contributed by atoms with Crippen LogP contribution in [0.5, 0.6) is 34.6 Å². The summed E-state index contributed by atoms with van der Waals surface area (Å²) in [5, 5.41) is 20.1. The van der Waals surface area contributed by atoms with Crippen LogP contribution in [0, 0.1) is 6.92 Å². The molecule has 33 heavy (non-hydrogen) atoms. The van der Waals surface area contributed by atoms with Crippen molar-refractivity contribution in [1.29, 1.82) is 0 Å². The SMILES string of the molecule is Cc1c(O)c2c(c3c1C(=O)CC(C)(COc1ccc(Cc4sc(=O)[nH]c4O)cc1)O3)OCO2. The molecule has 10 heteroatoms. The molecule has 0 bridgehead atoms. The molecule has 0 saturated heterocycles. The summed E-state index contributed by atoms with van der Waals surface area (Å²) in [4.78, 5) is 26.9. The number of thiazole rings is 1. The monoisotopic (exact) mass is 471 g/mol. The number of rotatable bonds is 5. The summed E-state index contributed by atoms with van der Waals surface area (Å²) in [7, 11) is 0. The van der Waals surface area contributed by atoms with E-state index in [-0.39, 0.29) is 59.4 Å². The largest absolute Gasteiger partial charge is 0.504 e. The molecule has 5 rings (SSSR count). The molecule has 2 aromatic carbocycles. The second-order valence-corrected chi connectivity index (χ2v) is 9.36. The molecule has 0 aliphatic carbocycles. The summed E-state index contributed by atoms with van der Waals surface area (Å²) in [6.07, 6.45) is 0.491. The van der Waals surface area contributed by atoms with Crippen LogP contribution in [-0.2, 0) is 6.42 Å². The molecular weight excluding hydrogens is 450 g/mol. The first-order chi connectivity index (χ1) is 15.7. The van der Waals surface area contributed by atoms with Gasteiger partial charge in [-0.25, -0.2) is 0 Å². The van der Waals surface area contributed by atoms with E-state index in [4.69, 9.17) is 18.9 Å². The van der Waals surface area contributed by atoms with Crippen molar-refractivity contribution >= 4 is 17.1 Å². The number of carbonyl (C=O) groups excluding carboxylic acids is 1. The molecule has 0 spiro atoms. The number of aromatic amines is 1. The molecule has 3 aromatic rings. The number of fused-ring (bicyclic) bond motifs is 3. The van der Waals surface area contributed by atoms with Crippen LogP contribution in [0.2, 0.25) is 0 Å². The first-order valence-corrected chi connectivity index (χ1v) is 11.1. The van der Waals surface area contributed by atoms with E-state index in [1.54, 1.807) is 26.0 Å². The Bertz CT molecular complexity index is 1310. The van der Waals surface area contributed by atoms with E-state index >= 15 is 0 Å². The maximum absolute atomic E-state index is 12.9. The van der Waals surface area contributed by atoms with Gasteiger partial charge in [0.1, 0.15) is 18.0 Å². The van der Waals surface area contributed by atoms with Crippen molar-refractivity contribution in [2.45, 2.75) is 32.3 Å². The van der Waals surface area contributed by atoms with Gasteiger partial charge in [0.2, 0.25) is 24.2 Å². The molecule has 1 aromatic heterocycles. The van der Waals surface area contributed by atoms with E-state index in [1.165, 1.54) is 0 Å². The normalized spacial score (nSPS) is 18.7. The Balaban J connectivity index is 1.31. The zero-order chi connectivity index (χ0) is 23.3. The van der Waals surface area contributed by atoms with E-state index in [0.29, 0.717) is 28.2 Å². The molecule has 2 aliphatic heterocycles. The highest BCUT2D eigenvalue weighted by molar-refractivity contribution is 7.09. The Hall–Kier alpha value is -3.66. The quantitative estimate of drug-likeness (QED) is 0.517. The van der Waals surface area contributed by atoms with Crippen molar-refractivity contribution in [1.82, 2.24) is 4.98 Å². The number of phenols is 1. The van der Waals surface area contributed by atoms with Crippen molar-refractivity contribution in [2.24, 2.45) is 0 Å². The second kappa shape index (κ2) is 7.73. The Morgan fingerprint density at radius 3 is 2.55 bits per heavy atom. The van der Waals surface area contributed by atoms with Gasteiger partial charge in [0.15, 0.2) is 17.3 Å². The van der Waals surface area contributed by atoms with Crippen LogP contribution in [0.4, 0.5) is 0 Å². The van der Waals surface area contributed by atoms with Gasteiger partial charge in [0, 0.05) is 12.0 Å². The molecule has 3 heterocycles. The van der Waals surface area contributed by atoms with Crippen LogP contribution >= 0.6 is 11.3 Å². The summed E-state index contributed by atoms with van der Waals surface area (Å²) in [6.45, 7) is 3.47. The Labute approximate surface area is 192 Å². The number of aromatic nitrogens is 1. The lowest BCUT2D eigenvalue weighted by molar-refractivity contribution is 0.0165. The zero-order valence-electron chi connectivity index (χ0n) is 17.9. The molecule has 3 N–H and O–H groups in total. The molecule has 0 radical (unpaired) electrons. The number of benzene rings is 2. The lowest BCUT2D eigenvalue weighted by atomic mass is 9.89. The van der Waals surface area contributed by atoms with Crippen LogP contribution in [0.1, 0.15) is 39.7 Å². The molecule has 1 atom stereocenters. The second-order valence-electron chi connectivity index (χ2n) is 8.29. The van der Waals surface area contributed by atoms with Crippen LogP contribution in [-0.4, -0.2) is 40.0 Å². The van der Waals surface area contributed by atoms with Gasteiger partial charge < -0.3 is 29.2 Å². The number of aromatic hydroxyl groups is 2. The number of Topliss-reactive ketones (excluding diaryl/α,β-unsaturated/α-hetero) is 1. The summed E-state index contributed by atoms with van der Waals surface area (Å²) < 4.78 is 22.9. The van der Waals surface area contributed by atoms with Crippen molar-refractivity contribution in [3.63, 3.8) is 0 Å². The van der Waals surface area contributed by atoms with Crippen LogP contribution in [0.3, 0.4) is 0 Å². The van der Waals surface area contributed by atoms with E-state index in [9.17, 15) is 19.8 Å².